The van der Waals surface area contributed by atoms with Crippen molar-refractivity contribution in [2.24, 2.45) is 0 Å². The topological polar surface area (TPSA) is 38.3 Å². The van der Waals surface area contributed by atoms with Gasteiger partial charge in [-0.2, -0.15) is 0 Å². The molecule has 2 aromatic rings. The largest absolute Gasteiger partial charge is 0.481 e. The van der Waals surface area contributed by atoms with Crippen LogP contribution in [0.3, 0.4) is 0 Å². The summed E-state index contributed by atoms with van der Waals surface area (Å²) in [5.74, 6) is -1.73. The molecule has 0 heterocycles. The second-order valence-electron chi connectivity index (χ2n) is 6.02. The lowest BCUT2D eigenvalue weighted by molar-refractivity contribution is -0.122. The SMILES string of the molecule is C[C@H](Oc1ccc2c(c1)CCCC2)C(=O)Nc1ccc(F)c(F)c1. The van der Waals surface area contributed by atoms with Crippen LogP contribution in [-0.4, -0.2) is 12.0 Å². The van der Waals surface area contributed by atoms with E-state index in [1.165, 1.54) is 30.0 Å². The number of fused-ring (bicyclic) bond motifs is 1. The molecule has 0 fully saturated rings. The quantitative estimate of drug-likeness (QED) is 0.909. The van der Waals surface area contributed by atoms with Gasteiger partial charge in [0.25, 0.3) is 5.91 Å². The lowest BCUT2D eigenvalue weighted by atomic mass is 9.92. The van der Waals surface area contributed by atoms with E-state index in [0.717, 1.165) is 25.0 Å². The standard InChI is InChI=1S/C19H19F2NO2/c1-12(19(23)22-15-7-9-17(20)18(21)11-15)24-16-8-6-13-4-2-3-5-14(13)10-16/h6-12H,2-5H2,1H3,(H,22,23)/t12-/m0/s1. The van der Waals surface area contributed by atoms with Gasteiger partial charge in [-0.15, -0.1) is 0 Å². The van der Waals surface area contributed by atoms with Crippen LogP contribution < -0.4 is 10.1 Å². The predicted octanol–water partition coefficient (Wildman–Crippen LogP) is 4.25. The molecule has 2 aromatic carbocycles. The summed E-state index contributed by atoms with van der Waals surface area (Å²) in [6.45, 7) is 1.62. The fourth-order valence-corrected chi connectivity index (χ4v) is 2.86. The molecule has 1 aliphatic rings. The van der Waals surface area contributed by atoms with Gasteiger partial charge in [-0.05, 0) is 68.0 Å². The predicted molar refractivity (Wildman–Crippen MR) is 88.2 cm³/mol. The van der Waals surface area contributed by atoms with Gasteiger partial charge < -0.3 is 10.1 Å². The minimum atomic E-state index is -1.00. The molecular weight excluding hydrogens is 312 g/mol. The summed E-state index contributed by atoms with van der Waals surface area (Å²) in [5.41, 5.74) is 2.80. The van der Waals surface area contributed by atoms with Crippen LogP contribution >= 0.6 is 0 Å². The molecule has 3 nitrogen and oxygen atoms in total. The molecular formula is C19H19F2NO2. The van der Waals surface area contributed by atoms with Crippen molar-refractivity contribution in [1.29, 1.82) is 0 Å². The number of benzene rings is 2. The highest BCUT2D eigenvalue weighted by atomic mass is 19.2. The van der Waals surface area contributed by atoms with E-state index in [-0.39, 0.29) is 5.69 Å². The maximum Gasteiger partial charge on any atom is 0.265 e. The van der Waals surface area contributed by atoms with Crippen molar-refractivity contribution in [3.63, 3.8) is 0 Å². The smallest absolute Gasteiger partial charge is 0.265 e. The normalized spacial score (nSPS) is 14.6. The number of carbonyl (C=O) groups is 1. The molecule has 0 bridgehead atoms. The third-order valence-electron chi connectivity index (χ3n) is 4.19. The third-order valence-corrected chi connectivity index (χ3v) is 4.19. The number of anilines is 1. The number of hydrogen-bond donors (Lipinski definition) is 1. The van der Waals surface area contributed by atoms with Gasteiger partial charge in [0.2, 0.25) is 0 Å². The maximum atomic E-state index is 13.2. The van der Waals surface area contributed by atoms with E-state index >= 15 is 0 Å². The molecule has 0 saturated heterocycles. The molecule has 3 rings (SSSR count). The molecule has 0 aliphatic heterocycles. The zero-order valence-corrected chi connectivity index (χ0v) is 13.4. The molecule has 24 heavy (non-hydrogen) atoms. The molecule has 0 radical (unpaired) electrons. The minimum Gasteiger partial charge on any atom is -0.481 e. The summed E-state index contributed by atoms with van der Waals surface area (Å²) in [6.07, 6.45) is 3.74. The van der Waals surface area contributed by atoms with E-state index in [2.05, 4.69) is 5.32 Å². The van der Waals surface area contributed by atoms with Gasteiger partial charge in [0.15, 0.2) is 17.7 Å². The van der Waals surface area contributed by atoms with Crippen molar-refractivity contribution in [2.75, 3.05) is 5.32 Å². The number of hydrogen-bond acceptors (Lipinski definition) is 2. The summed E-state index contributed by atoms with van der Waals surface area (Å²) in [5, 5.41) is 2.52. The Hall–Kier alpha value is -2.43. The van der Waals surface area contributed by atoms with E-state index in [9.17, 15) is 13.6 Å². The Morgan fingerprint density at radius 2 is 1.79 bits per heavy atom. The molecule has 1 N–H and O–H groups in total. The Morgan fingerprint density at radius 3 is 2.54 bits per heavy atom. The highest BCUT2D eigenvalue weighted by molar-refractivity contribution is 5.94. The molecule has 0 unspecified atom stereocenters. The van der Waals surface area contributed by atoms with Gasteiger partial charge in [-0.3, -0.25) is 4.79 Å². The number of carbonyl (C=O) groups excluding carboxylic acids is 1. The van der Waals surface area contributed by atoms with Gasteiger partial charge in [0, 0.05) is 11.8 Å². The summed E-state index contributed by atoms with van der Waals surface area (Å²) >= 11 is 0. The van der Waals surface area contributed by atoms with Crippen molar-refractivity contribution in [3.8, 4) is 5.75 Å². The summed E-state index contributed by atoms with van der Waals surface area (Å²) in [6, 6.07) is 9.12. The van der Waals surface area contributed by atoms with Gasteiger partial charge in [0.05, 0.1) is 0 Å². The Balaban J connectivity index is 1.64. The Labute approximate surface area is 139 Å². The average Bonchev–Trinajstić information content (AvgIpc) is 2.58. The molecule has 0 saturated carbocycles. The number of ether oxygens (including phenoxy) is 1. The van der Waals surface area contributed by atoms with Crippen molar-refractivity contribution < 1.29 is 18.3 Å². The Kier molecular flexibility index (Phi) is 4.79. The third kappa shape index (κ3) is 3.72. The number of rotatable bonds is 4. The van der Waals surface area contributed by atoms with E-state index in [0.29, 0.717) is 5.75 Å². The van der Waals surface area contributed by atoms with Gasteiger partial charge in [0.1, 0.15) is 5.75 Å². The lowest BCUT2D eigenvalue weighted by Gasteiger charge is -2.19. The van der Waals surface area contributed by atoms with Gasteiger partial charge >= 0.3 is 0 Å². The first-order valence-corrected chi connectivity index (χ1v) is 8.07. The first-order valence-electron chi connectivity index (χ1n) is 8.07. The van der Waals surface area contributed by atoms with Crippen LogP contribution in [-0.2, 0) is 17.6 Å². The highest BCUT2D eigenvalue weighted by Crippen LogP contribution is 2.26. The fraction of sp³-hybridized carbons (Fsp3) is 0.316. The van der Waals surface area contributed by atoms with Crippen LogP contribution in [0.2, 0.25) is 0 Å². The molecule has 0 aromatic heterocycles. The lowest BCUT2D eigenvalue weighted by Crippen LogP contribution is -2.30. The first kappa shape index (κ1) is 16.4. The van der Waals surface area contributed by atoms with E-state index in [4.69, 9.17) is 4.74 Å². The molecule has 1 amide bonds. The molecule has 1 atom stereocenters. The average molecular weight is 331 g/mol. The van der Waals surface area contributed by atoms with Crippen molar-refractivity contribution in [2.45, 2.75) is 38.7 Å². The number of amides is 1. The minimum absolute atomic E-state index is 0.194. The number of nitrogens with one attached hydrogen (secondary N) is 1. The van der Waals surface area contributed by atoms with Crippen LogP contribution in [0.1, 0.15) is 30.9 Å². The number of aryl methyl sites for hydroxylation is 2. The molecule has 0 spiro atoms. The van der Waals surface area contributed by atoms with Crippen molar-refractivity contribution >= 4 is 11.6 Å². The highest BCUT2D eigenvalue weighted by Gasteiger charge is 2.17. The zero-order chi connectivity index (χ0) is 17.1. The van der Waals surface area contributed by atoms with E-state index < -0.39 is 23.6 Å². The molecule has 126 valence electrons. The van der Waals surface area contributed by atoms with Crippen LogP contribution in [0.5, 0.6) is 5.75 Å². The second-order valence-corrected chi connectivity index (χ2v) is 6.02. The Bertz CT molecular complexity index is 761. The van der Waals surface area contributed by atoms with E-state index in [1.54, 1.807) is 6.92 Å². The molecule has 5 heteroatoms. The zero-order valence-electron chi connectivity index (χ0n) is 13.4. The van der Waals surface area contributed by atoms with Gasteiger partial charge in [-0.25, -0.2) is 8.78 Å². The second kappa shape index (κ2) is 6.99. The maximum absolute atomic E-state index is 13.2. The van der Waals surface area contributed by atoms with E-state index in [1.807, 2.05) is 18.2 Å². The van der Waals surface area contributed by atoms with Crippen LogP contribution in [0, 0.1) is 11.6 Å². The fourth-order valence-electron chi connectivity index (χ4n) is 2.86. The first-order chi connectivity index (χ1) is 11.5. The van der Waals surface area contributed by atoms with Crippen LogP contribution in [0.15, 0.2) is 36.4 Å². The van der Waals surface area contributed by atoms with Gasteiger partial charge in [-0.1, -0.05) is 6.07 Å². The summed E-state index contributed by atoms with van der Waals surface area (Å²) in [4.78, 5) is 12.1. The molecule has 1 aliphatic carbocycles. The van der Waals surface area contributed by atoms with Crippen LogP contribution in [0.4, 0.5) is 14.5 Å². The summed E-state index contributed by atoms with van der Waals surface area (Å²) < 4.78 is 31.8. The monoisotopic (exact) mass is 331 g/mol. The van der Waals surface area contributed by atoms with Crippen LogP contribution in [0.25, 0.3) is 0 Å². The number of halogens is 2. The summed E-state index contributed by atoms with van der Waals surface area (Å²) in [7, 11) is 0. The van der Waals surface area contributed by atoms with Crippen molar-refractivity contribution in [1.82, 2.24) is 0 Å². The van der Waals surface area contributed by atoms with Crippen molar-refractivity contribution in [3.05, 3.63) is 59.2 Å². The Morgan fingerprint density at radius 1 is 1.04 bits per heavy atom.